The van der Waals surface area contributed by atoms with Gasteiger partial charge in [0.15, 0.2) is 0 Å². The molecule has 0 amide bonds. The van der Waals surface area contributed by atoms with Crippen molar-refractivity contribution < 1.29 is 26.2 Å². The first-order valence-corrected chi connectivity index (χ1v) is 10.3. The summed E-state index contributed by atoms with van der Waals surface area (Å²) in [6.07, 6.45) is 0. The third kappa shape index (κ3) is 10.3. The van der Waals surface area contributed by atoms with Crippen LogP contribution >= 0.6 is 9.24 Å². The number of rotatable bonds is 8. The molecule has 2 rings (SSSR count). The summed E-state index contributed by atoms with van der Waals surface area (Å²) in [4.78, 5) is 0. The Morgan fingerprint density at radius 2 is 0.966 bits per heavy atom. The molecular weight excluding hydrogens is 452 g/mol. The maximum absolute atomic E-state index is 4.75. The maximum Gasteiger partial charge on any atom is 0 e. The van der Waals surface area contributed by atoms with Crippen LogP contribution < -0.4 is 5.32 Å². The molecular formula is C24H38N3PZr-4. The summed E-state index contributed by atoms with van der Waals surface area (Å²) >= 11 is 0. The van der Waals surface area contributed by atoms with Crippen molar-refractivity contribution in [2.45, 2.75) is 41.5 Å². The number of hydrogen-bond acceptors (Lipinski definition) is 1. The number of nitrogens with zero attached hydrogens (tertiary/aromatic N) is 2. The molecule has 5 heteroatoms. The van der Waals surface area contributed by atoms with Crippen LogP contribution in [0.3, 0.4) is 0 Å². The number of benzene rings is 2. The molecule has 3 nitrogen and oxygen atoms in total. The number of aryl methyl sites for hydroxylation is 6. The molecule has 2 aromatic carbocycles. The van der Waals surface area contributed by atoms with Crippen LogP contribution in [0.4, 0.5) is 11.4 Å². The van der Waals surface area contributed by atoms with Gasteiger partial charge in [-0.25, -0.2) is 0 Å². The van der Waals surface area contributed by atoms with E-state index in [1.54, 1.807) is 0 Å². The largest absolute Gasteiger partial charge is 0.683 e. The van der Waals surface area contributed by atoms with Gasteiger partial charge in [0.1, 0.15) is 0 Å². The van der Waals surface area contributed by atoms with Gasteiger partial charge in [0, 0.05) is 26.2 Å². The monoisotopic (exact) mass is 489 g/mol. The summed E-state index contributed by atoms with van der Waals surface area (Å²) in [7, 11) is 2.17. The van der Waals surface area contributed by atoms with Crippen molar-refractivity contribution in [3.05, 3.63) is 82.4 Å². The minimum absolute atomic E-state index is 0. The normalized spacial score (nSPS) is 9.52. The second kappa shape index (κ2) is 16.1. The van der Waals surface area contributed by atoms with Gasteiger partial charge in [-0.2, -0.15) is 0 Å². The average Bonchev–Trinajstić information content (AvgIpc) is 2.59. The molecule has 0 bridgehead atoms. The van der Waals surface area contributed by atoms with Crippen molar-refractivity contribution in [1.29, 1.82) is 0 Å². The second-order valence-electron chi connectivity index (χ2n) is 7.01. The zero-order valence-electron chi connectivity index (χ0n) is 19.3. The Morgan fingerprint density at radius 3 is 1.24 bits per heavy atom. The smallest absolute Gasteiger partial charge is 0 e. The van der Waals surface area contributed by atoms with Gasteiger partial charge >= 0.3 is 0 Å². The molecule has 29 heavy (non-hydrogen) atoms. The molecule has 0 fully saturated rings. The van der Waals surface area contributed by atoms with Crippen molar-refractivity contribution in [2.24, 2.45) is 0 Å². The van der Waals surface area contributed by atoms with Gasteiger partial charge < -0.3 is 39.3 Å². The first-order valence-electron chi connectivity index (χ1n) is 9.50. The quantitative estimate of drug-likeness (QED) is 0.243. The van der Waals surface area contributed by atoms with Crippen LogP contribution in [0.5, 0.6) is 0 Å². The number of nitrogens with one attached hydrogen (secondary N) is 1. The number of hydrogen-bond donors (Lipinski definition) is 1. The molecule has 1 N–H and O–H groups in total. The third-order valence-electron chi connectivity index (χ3n) is 4.39. The van der Waals surface area contributed by atoms with Gasteiger partial charge in [-0.3, -0.25) is 0 Å². The third-order valence-corrected chi connectivity index (χ3v) is 4.39. The summed E-state index contributed by atoms with van der Waals surface area (Å²) < 4.78 is 0. The van der Waals surface area contributed by atoms with Crippen LogP contribution in [0.2, 0.25) is 0 Å². The van der Waals surface area contributed by atoms with Crippen LogP contribution in [0.1, 0.15) is 33.4 Å². The fraction of sp³-hybridized carbons (Fsp3) is 0.417. The topological polar surface area (TPSA) is 40.2 Å². The van der Waals surface area contributed by atoms with E-state index < -0.39 is 0 Å². The molecule has 0 saturated carbocycles. The van der Waals surface area contributed by atoms with Crippen LogP contribution in [0, 0.1) is 55.6 Å². The van der Waals surface area contributed by atoms with E-state index in [0.717, 1.165) is 37.6 Å². The molecule has 1 atom stereocenters. The Kier molecular flexibility index (Phi) is 16.9. The molecule has 0 aliphatic carbocycles. The molecule has 0 spiro atoms. The first kappa shape index (κ1) is 30.5. The minimum atomic E-state index is 0. The molecule has 0 aliphatic heterocycles. The van der Waals surface area contributed by atoms with Crippen LogP contribution in [-0.2, 0) is 26.2 Å². The molecule has 1 unspecified atom stereocenters. The molecule has 2 aromatic rings. The van der Waals surface area contributed by atoms with Gasteiger partial charge in [0.05, 0.1) is 0 Å². The Balaban J connectivity index is 0. The van der Waals surface area contributed by atoms with Crippen molar-refractivity contribution in [2.75, 3.05) is 26.2 Å². The molecule has 0 radical (unpaired) electrons. The minimum Gasteiger partial charge on any atom is -0.683 e. The van der Waals surface area contributed by atoms with Crippen molar-refractivity contribution >= 4 is 20.6 Å². The Bertz CT molecular complexity index is 625. The van der Waals surface area contributed by atoms with Crippen LogP contribution in [0.15, 0.2) is 24.3 Å². The van der Waals surface area contributed by atoms with E-state index in [4.69, 9.17) is 10.6 Å². The van der Waals surface area contributed by atoms with Gasteiger partial charge in [-0.15, -0.1) is 24.5 Å². The average molecular weight is 491 g/mol. The molecule has 0 aliphatic rings. The van der Waals surface area contributed by atoms with E-state index in [2.05, 4.69) is 87.0 Å². The van der Waals surface area contributed by atoms with E-state index in [-0.39, 0.29) is 33.6 Å². The van der Waals surface area contributed by atoms with Crippen molar-refractivity contribution in [3.8, 4) is 0 Å². The fourth-order valence-electron chi connectivity index (χ4n) is 3.46. The summed E-state index contributed by atoms with van der Waals surface area (Å²) in [5.41, 5.74) is 9.93. The summed E-state index contributed by atoms with van der Waals surface area (Å²) in [5, 5.41) is 12.9. The predicted octanol–water partition coefficient (Wildman–Crippen LogP) is 6.94. The molecule has 0 saturated heterocycles. The van der Waals surface area contributed by atoms with E-state index in [0.29, 0.717) is 0 Å². The zero-order valence-corrected chi connectivity index (χ0v) is 22.9. The summed E-state index contributed by atoms with van der Waals surface area (Å²) in [5.74, 6) is 0. The summed E-state index contributed by atoms with van der Waals surface area (Å²) in [6.45, 7) is 19.3. The zero-order chi connectivity index (χ0) is 20.4. The first-order chi connectivity index (χ1) is 12.9. The van der Waals surface area contributed by atoms with Crippen molar-refractivity contribution in [3.63, 3.8) is 0 Å². The predicted molar refractivity (Wildman–Crippen MR) is 131 cm³/mol. The maximum atomic E-state index is 4.75. The Hall–Kier alpha value is -0.687. The SMILES string of the molecule is Cc1cc(C)c([N-]CCNCC[N-]c2c(C)cc(C)cc2C)c(C)c1.[CH2-]P.[CH3-].[Zr]. The van der Waals surface area contributed by atoms with Crippen LogP contribution in [-0.4, -0.2) is 26.2 Å². The van der Waals surface area contributed by atoms with E-state index in [1.165, 1.54) is 33.4 Å². The Labute approximate surface area is 201 Å². The molecule has 0 aromatic heterocycles. The van der Waals surface area contributed by atoms with E-state index in [9.17, 15) is 0 Å². The molecule has 0 heterocycles. The van der Waals surface area contributed by atoms with Gasteiger partial charge in [0.2, 0.25) is 0 Å². The summed E-state index contributed by atoms with van der Waals surface area (Å²) in [6, 6.07) is 8.80. The van der Waals surface area contributed by atoms with E-state index in [1.807, 2.05) is 0 Å². The van der Waals surface area contributed by atoms with Crippen LogP contribution in [0.25, 0.3) is 10.6 Å². The fourth-order valence-corrected chi connectivity index (χ4v) is 3.46. The standard InChI is InChI=1S/C22H31N3.CH4P.CH3.Zr/c1-15-11-17(3)21(18(4)12-15)24-9-7-23-8-10-25-22-19(5)13-16(2)14-20(22)6;1-2;;/h11-14,23H,7-10H2,1-6H3;1-2H2;1H3;/q-2;2*-1;. The van der Waals surface area contributed by atoms with Gasteiger partial charge in [-0.1, -0.05) is 57.6 Å². The van der Waals surface area contributed by atoms with Gasteiger partial charge in [0.25, 0.3) is 0 Å². The second-order valence-corrected chi connectivity index (χ2v) is 7.01. The van der Waals surface area contributed by atoms with E-state index >= 15 is 0 Å². The van der Waals surface area contributed by atoms with Crippen molar-refractivity contribution in [1.82, 2.24) is 5.32 Å². The Morgan fingerprint density at radius 1 is 0.690 bits per heavy atom. The molecule has 162 valence electrons. The van der Waals surface area contributed by atoms with Gasteiger partial charge in [-0.05, 0) is 54.6 Å².